The maximum Gasteiger partial charge on any atom is 0.165 e. The molecule has 19 heavy (non-hydrogen) atoms. The molecule has 0 aliphatic heterocycles. The van der Waals surface area contributed by atoms with Gasteiger partial charge in [-0.1, -0.05) is 25.7 Å². The Morgan fingerprint density at radius 3 is 2.58 bits per heavy atom. The monoisotopic (exact) mass is 269 g/mol. The minimum absolute atomic E-state index is 0.0114. The lowest BCUT2D eigenvalue weighted by Crippen LogP contribution is -2.32. The minimum atomic E-state index is -0.518. The number of hydrogen-bond acceptors (Lipinski definition) is 2. The quantitative estimate of drug-likeness (QED) is 0.650. The zero-order valence-corrected chi connectivity index (χ0v) is 11.1. The van der Waals surface area contributed by atoms with Gasteiger partial charge in [-0.15, -0.1) is 0 Å². The summed E-state index contributed by atoms with van der Waals surface area (Å²) in [6.07, 6.45) is 7.60. The van der Waals surface area contributed by atoms with Crippen LogP contribution in [0.3, 0.4) is 0 Å². The van der Waals surface area contributed by atoms with Gasteiger partial charge in [-0.25, -0.2) is 8.78 Å². The van der Waals surface area contributed by atoms with E-state index in [0.717, 1.165) is 18.2 Å². The summed E-state index contributed by atoms with van der Waals surface area (Å²) >= 11 is 0. The van der Waals surface area contributed by atoms with Gasteiger partial charge in [0.1, 0.15) is 12.4 Å². The standard InChI is InChI=1S/C15H21F2NO/c16-12-7-8-14(17)15(11-12)19-10-9-18-13-5-3-1-2-4-6-13/h7-8,11,13,18H,1-6,9-10H2. The molecule has 0 radical (unpaired) electrons. The van der Waals surface area contributed by atoms with Gasteiger partial charge in [-0.05, 0) is 25.0 Å². The first-order chi connectivity index (χ1) is 9.25. The van der Waals surface area contributed by atoms with Crippen LogP contribution in [0.2, 0.25) is 0 Å². The smallest absolute Gasteiger partial charge is 0.165 e. The highest BCUT2D eigenvalue weighted by molar-refractivity contribution is 5.24. The van der Waals surface area contributed by atoms with E-state index in [-0.39, 0.29) is 5.75 Å². The largest absolute Gasteiger partial charge is 0.489 e. The summed E-state index contributed by atoms with van der Waals surface area (Å²) in [5.41, 5.74) is 0. The fourth-order valence-electron chi connectivity index (χ4n) is 2.50. The highest BCUT2D eigenvalue weighted by Gasteiger charge is 2.11. The van der Waals surface area contributed by atoms with Gasteiger partial charge < -0.3 is 10.1 Å². The molecule has 1 saturated carbocycles. The van der Waals surface area contributed by atoms with Gasteiger partial charge in [0.15, 0.2) is 11.6 Å². The van der Waals surface area contributed by atoms with E-state index in [2.05, 4.69) is 5.32 Å². The van der Waals surface area contributed by atoms with Gasteiger partial charge in [0.25, 0.3) is 0 Å². The van der Waals surface area contributed by atoms with E-state index in [1.807, 2.05) is 0 Å². The summed E-state index contributed by atoms with van der Waals surface area (Å²) in [4.78, 5) is 0. The highest BCUT2D eigenvalue weighted by atomic mass is 19.1. The van der Waals surface area contributed by atoms with Crippen molar-refractivity contribution in [2.24, 2.45) is 0 Å². The van der Waals surface area contributed by atoms with E-state index in [1.54, 1.807) is 0 Å². The predicted octanol–water partition coefficient (Wildman–Crippen LogP) is 3.66. The van der Waals surface area contributed by atoms with E-state index < -0.39 is 11.6 Å². The van der Waals surface area contributed by atoms with Crippen LogP contribution >= 0.6 is 0 Å². The van der Waals surface area contributed by atoms with Crippen molar-refractivity contribution in [1.29, 1.82) is 0 Å². The molecule has 0 heterocycles. The maximum absolute atomic E-state index is 13.3. The van der Waals surface area contributed by atoms with Gasteiger partial charge in [0.2, 0.25) is 0 Å². The second-order valence-electron chi connectivity index (χ2n) is 5.07. The van der Waals surface area contributed by atoms with Crippen LogP contribution in [0.1, 0.15) is 38.5 Å². The molecule has 4 heteroatoms. The van der Waals surface area contributed by atoms with Crippen molar-refractivity contribution in [3.63, 3.8) is 0 Å². The number of nitrogens with one attached hydrogen (secondary N) is 1. The molecule has 0 spiro atoms. The number of rotatable bonds is 5. The van der Waals surface area contributed by atoms with E-state index >= 15 is 0 Å². The lowest BCUT2D eigenvalue weighted by atomic mass is 10.1. The second-order valence-corrected chi connectivity index (χ2v) is 5.07. The second kappa shape index (κ2) is 7.43. The van der Waals surface area contributed by atoms with E-state index in [0.29, 0.717) is 19.2 Å². The molecule has 1 aliphatic carbocycles. The molecule has 0 amide bonds. The number of halogens is 2. The van der Waals surface area contributed by atoms with Crippen LogP contribution in [0.4, 0.5) is 8.78 Å². The van der Waals surface area contributed by atoms with Gasteiger partial charge in [0.05, 0.1) is 0 Å². The first kappa shape index (κ1) is 14.3. The molecule has 2 rings (SSSR count). The van der Waals surface area contributed by atoms with Crippen LogP contribution in [0.5, 0.6) is 5.75 Å². The molecular formula is C15H21F2NO. The molecule has 0 bridgehead atoms. The molecule has 0 atom stereocenters. The molecule has 0 aromatic heterocycles. The average molecular weight is 269 g/mol. The molecule has 1 N–H and O–H groups in total. The SMILES string of the molecule is Fc1ccc(F)c(OCCNC2CCCCCC2)c1. The minimum Gasteiger partial charge on any atom is -0.489 e. The van der Waals surface area contributed by atoms with Crippen molar-refractivity contribution in [2.75, 3.05) is 13.2 Å². The Kier molecular flexibility index (Phi) is 5.58. The first-order valence-electron chi connectivity index (χ1n) is 7.07. The summed E-state index contributed by atoms with van der Waals surface area (Å²) in [7, 11) is 0. The predicted molar refractivity (Wildman–Crippen MR) is 71.3 cm³/mol. The van der Waals surface area contributed by atoms with Crippen LogP contribution in [-0.2, 0) is 0 Å². The Labute approximate surface area is 113 Å². The highest BCUT2D eigenvalue weighted by Crippen LogP contribution is 2.18. The summed E-state index contributed by atoms with van der Waals surface area (Å²) in [6.45, 7) is 1.03. The maximum atomic E-state index is 13.3. The average Bonchev–Trinajstić information content (AvgIpc) is 2.67. The van der Waals surface area contributed by atoms with Crippen molar-refractivity contribution in [2.45, 2.75) is 44.6 Å². The number of hydrogen-bond donors (Lipinski definition) is 1. The molecule has 1 fully saturated rings. The Morgan fingerprint density at radius 1 is 1.11 bits per heavy atom. The van der Waals surface area contributed by atoms with Crippen LogP contribution in [0.25, 0.3) is 0 Å². The fourth-order valence-corrected chi connectivity index (χ4v) is 2.50. The fraction of sp³-hybridized carbons (Fsp3) is 0.600. The molecular weight excluding hydrogens is 248 g/mol. The lowest BCUT2D eigenvalue weighted by Gasteiger charge is -2.16. The van der Waals surface area contributed by atoms with E-state index in [9.17, 15) is 8.78 Å². The van der Waals surface area contributed by atoms with Crippen molar-refractivity contribution < 1.29 is 13.5 Å². The number of benzene rings is 1. The Morgan fingerprint density at radius 2 is 1.84 bits per heavy atom. The van der Waals surface area contributed by atoms with Crippen molar-refractivity contribution in [1.82, 2.24) is 5.32 Å². The molecule has 0 saturated heterocycles. The number of ether oxygens (including phenoxy) is 1. The van der Waals surface area contributed by atoms with Crippen LogP contribution < -0.4 is 10.1 Å². The normalized spacial score (nSPS) is 17.2. The summed E-state index contributed by atoms with van der Waals surface area (Å²) in [6, 6.07) is 3.81. The van der Waals surface area contributed by atoms with E-state index in [1.165, 1.54) is 38.5 Å². The molecule has 1 aromatic rings. The van der Waals surface area contributed by atoms with Gasteiger partial charge in [-0.2, -0.15) is 0 Å². The third-order valence-electron chi connectivity index (χ3n) is 3.54. The van der Waals surface area contributed by atoms with Gasteiger partial charge >= 0.3 is 0 Å². The molecule has 2 nitrogen and oxygen atoms in total. The van der Waals surface area contributed by atoms with Crippen molar-refractivity contribution >= 4 is 0 Å². The van der Waals surface area contributed by atoms with Gasteiger partial charge in [0, 0.05) is 18.7 Å². The zero-order valence-electron chi connectivity index (χ0n) is 11.1. The molecule has 1 aliphatic rings. The molecule has 1 aromatic carbocycles. The summed E-state index contributed by atoms with van der Waals surface area (Å²) in [5, 5.41) is 3.42. The lowest BCUT2D eigenvalue weighted by molar-refractivity contribution is 0.286. The summed E-state index contributed by atoms with van der Waals surface area (Å²) < 4.78 is 31.5. The van der Waals surface area contributed by atoms with Crippen molar-refractivity contribution in [3.05, 3.63) is 29.8 Å². The van der Waals surface area contributed by atoms with Gasteiger partial charge in [-0.3, -0.25) is 0 Å². The van der Waals surface area contributed by atoms with Crippen LogP contribution in [0, 0.1) is 11.6 Å². The van der Waals surface area contributed by atoms with E-state index in [4.69, 9.17) is 4.74 Å². The molecule has 0 unspecified atom stereocenters. The molecule has 106 valence electrons. The third kappa shape index (κ3) is 4.78. The topological polar surface area (TPSA) is 21.3 Å². The Hall–Kier alpha value is -1.16. The Bertz CT molecular complexity index is 390. The zero-order chi connectivity index (χ0) is 13.5. The first-order valence-corrected chi connectivity index (χ1v) is 7.07. The summed E-state index contributed by atoms with van der Waals surface area (Å²) in [5.74, 6) is -1.01. The van der Waals surface area contributed by atoms with Crippen molar-refractivity contribution in [3.8, 4) is 5.75 Å². The van der Waals surface area contributed by atoms with Crippen LogP contribution in [0.15, 0.2) is 18.2 Å². The Balaban J connectivity index is 1.69. The van der Waals surface area contributed by atoms with Crippen LogP contribution in [-0.4, -0.2) is 19.2 Å². The third-order valence-corrected chi connectivity index (χ3v) is 3.54.